The molecular weight excluding hydrogens is 294 g/mol. The summed E-state index contributed by atoms with van der Waals surface area (Å²) in [6.07, 6.45) is 1.61. The average molecular weight is 309 g/mol. The quantitative estimate of drug-likeness (QED) is 0.879. The first-order valence-corrected chi connectivity index (χ1v) is 7.10. The Morgan fingerprint density at radius 3 is 2.83 bits per heavy atom. The van der Waals surface area contributed by atoms with E-state index in [9.17, 15) is 9.59 Å². The summed E-state index contributed by atoms with van der Waals surface area (Å²) in [5.41, 5.74) is 0.530. The SMILES string of the molecule is C=CCN1C(=O)COc2ccc(NC(=O)c3ccccc3)nc21. The van der Waals surface area contributed by atoms with E-state index < -0.39 is 0 Å². The van der Waals surface area contributed by atoms with Crippen LogP contribution in [-0.2, 0) is 4.79 Å². The van der Waals surface area contributed by atoms with Crippen LogP contribution in [0.3, 0.4) is 0 Å². The van der Waals surface area contributed by atoms with E-state index in [4.69, 9.17) is 4.74 Å². The number of nitrogens with one attached hydrogen (secondary N) is 1. The largest absolute Gasteiger partial charge is 0.480 e. The number of carbonyl (C=O) groups excluding carboxylic acids is 2. The Kier molecular flexibility index (Phi) is 4.05. The van der Waals surface area contributed by atoms with Crippen LogP contribution >= 0.6 is 0 Å². The molecule has 0 bridgehead atoms. The summed E-state index contributed by atoms with van der Waals surface area (Å²) in [4.78, 5) is 29.9. The molecular formula is C17H15N3O3. The van der Waals surface area contributed by atoms with Crippen LogP contribution in [0.4, 0.5) is 11.6 Å². The number of rotatable bonds is 4. The highest BCUT2D eigenvalue weighted by Gasteiger charge is 2.26. The van der Waals surface area contributed by atoms with Gasteiger partial charge < -0.3 is 10.1 Å². The minimum absolute atomic E-state index is 0.0295. The number of aromatic nitrogens is 1. The second-order valence-corrected chi connectivity index (χ2v) is 4.92. The van der Waals surface area contributed by atoms with Crippen LogP contribution in [0.15, 0.2) is 55.1 Å². The van der Waals surface area contributed by atoms with Crippen molar-refractivity contribution in [3.63, 3.8) is 0 Å². The number of anilines is 2. The lowest BCUT2D eigenvalue weighted by Gasteiger charge is -2.27. The summed E-state index contributed by atoms with van der Waals surface area (Å²) in [6, 6.07) is 12.2. The predicted octanol–water partition coefficient (Wildman–Crippen LogP) is 2.25. The van der Waals surface area contributed by atoms with Crippen molar-refractivity contribution in [2.45, 2.75) is 0 Å². The Bertz CT molecular complexity index is 759. The molecule has 1 aliphatic rings. The van der Waals surface area contributed by atoms with Gasteiger partial charge in [-0.1, -0.05) is 24.3 Å². The maximum absolute atomic E-state index is 12.2. The summed E-state index contributed by atoms with van der Waals surface area (Å²) in [5.74, 6) is 0.772. The highest BCUT2D eigenvalue weighted by Crippen LogP contribution is 2.31. The Morgan fingerprint density at radius 2 is 2.09 bits per heavy atom. The zero-order valence-electron chi connectivity index (χ0n) is 12.4. The molecule has 1 aliphatic heterocycles. The Morgan fingerprint density at radius 1 is 1.30 bits per heavy atom. The summed E-state index contributed by atoms with van der Waals surface area (Å²) >= 11 is 0. The van der Waals surface area contributed by atoms with E-state index in [1.165, 1.54) is 4.90 Å². The molecule has 2 heterocycles. The van der Waals surface area contributed by atoms with Crippen LogP contribution < -0.4 is 15.0 Å². The van der Waals surface area contributed by atoms with Gasteiger partial charge in [-0.05, 0) is 24.3 Å². The second-order valence-electron chi connectivity index (χ2n) is 4.92. The number of carbonyl (C=O) groups is 2. The number of amides is 2. The third kappa shape index (κ3) is 3.06. The van der Waals surface area contributed by atoms with Gasteiger partial charge in [0.25, 0.3) is 11.8 Å². The average Bonchev–Trinajstić information content (AvgIpc) is 2.58. The van der Waals surface area contributed by atoms with Gasteiger partial charge in [-0.15, -0.1) is 6.58 Å². The van der Waals surface area contributed by atoms with Gasteiger partial charge in [0.2, 0.25) is 0 Å². The topological polar surface area (TPSA) is 71.5 Å². The number of pyridine rings is 1. The summed E-state index contributed by atoms with van der Waals surface area (Å²) < 4.78 is 5.36. The molecule has 0 spiro atoms. The fourth-order valence-corrected chi connectivity index (χ4v) is 2.24. The van der Waals surface area contributed by atoms with Gasteiger partial charge in [0.15, 0.2) is 18.2 Å². The first-order chi connectivity index (χ1) is 11.2. The smallest absolute Gasteiger partial charge is 0.266 e. The Labute approximate surface area is 133 Å². The molecule has 1 N–H and O–H groups in total. The van der Waals surface area contributed by atoms with Gasteiger partial charge in [-0.25, -0.2) is 4.98 Å². The molecule has 6 heteroatoms. The van der Waals surface area contributed by atoms with Crippen molar-refractivity contribution in [2.24, 2.45) is 0 Å². The summed E-state index contributed by atoms with van der Waals surface area (Å²) in [5, 5.41) is 2.72. The summed E-state index contributed by atoms with van der Waals surface area (Å²) in [6.45, 7) is 3.94. The molecule has 23 heavy (non-hydrogen) atoms. The first kappa shape index (κ1) is 14.8. The molecule has 0 unspecified atom stereocenters. The fraction of sp³-hybridized carbons (Fsp3) is 0.118. The van der Waals surface area contributed by atoms with E-state index in [2.05, 4.69) is 16.9 Å². The molecule has 1 aromatic carbocycles. The minimum Gasteiger partial charge on any atom is -0.480 e. The molecule has 2 aromatic rings. The maximum Gasteiger partial charge on any atom is 0.266 e. The highest BCUT2D eigenvalue weighted by molar-refractivity contribution is 6.04. The number of ether oxygens (including phenoxy) is 1. The molecule has 0 radical (unpaired) electrons. The van der Waals surface area contributed by atoms with Crippen LogP contribution in [0.5, 0.6) is 5.75 Å². The van der Waals surface area contributed by atoms with Crippen molar-refractivity contribution in [2.75, 3.05) is 23.4 Å². The van der Waals surface area contributed by atoms with E-state index in [-0.39, 0.29) is 18.4 Å². The van der Waals surface area contributed by atoms with E-state index in [1.54, 1.807) is 42.5 Å². The van der Waals surface area contributed by atoms with Crippen molar-refractivity contribution in [3.05, 3.63) is 60.7 Å². The van der Waals surface area contributed by atoms with Gasteiger partial charge in [-0.3, -0.25) is 14.5 Å². The highest BCUT2D eigenvalue weighted by atomic mass is 16.5. The van der Waals surface area contributed by atoms with Gasteiger partial charge in [0.1, 0.15) is 5.82 Å². The van der Waals surface area contributed by atoms with Crippen molar-refractivity contribution >= 4 is 23.5 Å². The van der Waals surface area contributed by atoms with E-state index in [1.807, 2.05) is 6.07 Å². The van der Waals surface area contributed by atoms with Gasteiger partial charge in [0, 0.05) is 12.1 Å². The lowest BCUT2D eigenvalue weighted by atomic mass is 10.2. The third-order valence-corrected chi connectivity index (χ3v) is 3.34. The van der Waals surface area contributed by atoms with Crippen LogP contribution in [0, 0.1) is 0 Å². The monoisotopic (exact) mass is 309 g/mol. The minimum atomic E-state index is -0.267. The van der Waals surface area contributed by atoms with Crippen molar-refractivity contribution in [1.82, 2.24) is 4.98 Å². The first-order valence-electron chi connectivity index (χ1n) is 7.10. The van der Waals surface area contributed by atoms with Gasteiger partial charge in [-0.2, -0.15) is 0 Å². The zero-order chi connectivity index (χ0) is 16.2. The van der Waals surface area contributed by atoms with E-state index >= 15 is 0 Å². The Balaban J connectivity index is 1.86. The number of nitrogens with zero attached hydrogens (tertiary/aromatic N) is 2. The van der Waals surface area contributed by atoms with Crippen molar-refractivity contribution < 1.29 is 14.3 Å². The third-order valence-electron chi connectivity index (χ3n) is 3.34. The van der Waals surface area contributed by atoms with Crippen LogP contribution in [0.2, 0.25) is 0 Å². The number of hydrogen-bond donors (Lipinski definition) is 1. The molecule has 3 rings (SSSR count). The molecule has 116 valence electrons. The molecule has 0 aliphatic carbocycles. The lowest BCUT2D eigenvalue weighted by molar-refractivity contribution is -0.121. The molecule has 6 nitrogen and oxygen atoms in total. The van der Waals surface area contributed by atoms with Crippen LogP contribution in [0.1, 0.15) is 10.4 Å². The van der Waals surface area contributed by atoms with Gasteiger partial charge in [0.05, 0.1) is 0 Å². The standard InChI is InChI=1S/C17H15N3O3/c1-2-10-20-15(21)11-23-13-8-9-14(18-16(13)20)19-17(22)12-6-4-3-5-7-12/h2-9H,1,10-11H2,(H,18,19,22). The molecule has 1 aromatic heterocycles. The lowest BCUT2D eigenvalue weighted by Crippen LogP contribution is -2.39. The zero-order valence-corrected chi connectivity index (χ0v) is 12.4. The van der Waals surface area contributed by atoms with Gasteiger partial charge >= 0.3 is 0 Å². The van der Waals surface area contributed by atoms with Crippen molar-refractivity contribution in [3.8, 4) is 5.75 Å². The normalized spacial score (nSPS) is 13.0. The molecule has 0 atom stereocenters. The van der Waals surface area contributed by atoms with Crippen molar-refractivity contribution in [1.29, 1.82) is 0 Å². The molecule has 0 saturated carbocycles. The molecule has 0 saturated heterocycles. The molecule has 0 fully saturated rings. The summed E-state index contributed by atoms with van der Waals surface area (Å²) in [7, 11) is 0. The Hall–Kier alpha value is -3.15. The van der Waals surface area contributed by atoms with Crippen LogP contribution in [0.25, 0.3) is 0 Å². The van der Waals surface area contributed by atoms with E-state index in [0.29, 0.717) is 29.5 Å². The second kappa shape index (κ2) is 6.31. The number of hydrogen-bond acceptors (Lipinski definition) is 4. The molecule has 2 amide bonds. The maximum atomic E-state index is 12.2. The van der Waals surface area contributed by atoms with E-state index in [0.717, 1.165) is 0 Å². The predicted molar refractivity (Wildman–Crippen MR) is 86.7 cm³/mol. The van der Waals surface area contributed by atoms with Crippen LogP contribution in [-0.4, -0.2) is 29.9 Å². The fourth-order valence-electron chi connectivity index (χ4n) is 2.24. The number of benzene rings is 1. The number of fused-ring (bicyclic) bond motifs is 1.